The van der Waals surface area contributed by atoms with Gasteiger partial charge < -0.3 is 15.3 Å². The SMILES string of the molecule is O=C(O)CC(O)CCCCCCCCCCCCCCCO. The standard InChI is InChI=1S/C18H36O4/c19-15-13-11-9-7-5-3-1-2-4-6-8-10-12-14-17(20)16-18(21)22/h17,19-20H,1-16H2,(H,21,22). The first kappa shape index (κ1) is 21.4. The largest absolute Gasteiger partial charge is 0.481 e. The van der Waals surface area contributed by atoms with Gasteiger partial charge in [-0.2, -0.15) is 0 Å². The number of aliphatic hydroxyl groups excluding tert-OH is 2. The predicted molar refractivity (Wildman–Crippen MR) is 90.0 cm³/mol. The van der Waals surface area contributed by atoms with Crippen LogP contribution in [-0.2, 0) is 4.79 Å². The van der Waals surface area contributed by atoms with Crippen LogP contribution in [0.15, 0.2) is 0 Å². The Hall–Kier alpha value is -0.610. The van der Waals surface area contributed by atoms with E-state index < -0.39 is 12.1 Å². The topological polar surface area (TPSA) is 77.8 Å². The van der Waals surface area contributed by atoms with Crippen LogP contribution in [0.5, 0.6) is 0 Å². The second kappa shape index (κ2) is 16.8. The van der Waals surface area contributed by atoms with E-state index in [1.54, 1.807) is 0 Å². The quantitative estimate of drug-likeness (QED) is 0.350. The Balaban J connectivity index is 3.07. The van der Waals surface area contributed by atoms with Gasteiger partial charge in [-0.1, -0.05) is 77.0 Å². The van der Waals surface area contributed by atoms with Crippen molar-refractivity contribution in [3.63, 3.8) is 0 Å². The fourth-order valence-electron chi connectivity index (χ4n) is 2.74. The van der Waals surface area contributed by atoms with Crippen LogP contribution in [0.25, 0.3) is 0 Å². The van der Waals surface area contributed by atoms with Gasteiger partial charge in [0.15, 0.2) is 0 Å². The molecule has 0 aromatic rings. The highest BCUT2D eigenvalue weighted by Crippen LogP contribution is 2.13. The lowest BCUT2D eigenvalue weighted by Gasteiger charge is -2.07. The van der Waals surface area contributed by atoms with E-state index in [0.717, 1.165) is 25.7 Å². The summed E-state index contributed by atoms with van der Waals surface area (Å²) in [5.41, 5.74) is 0. The molecule has 0 heterocycles. The molecule has 0 rings (SSSR count). The summed E-state index contributed by atoms with van der Waals surface area (Å²) < 4.78 is 0. The van der Waals surface area contributed by atoms with E-state index in [1.165, 1.54) is 57.8 Å². The van der Waals surface area contributed by atoms with Crippen molar-refractivity contribution in [2.24, 2.45) is 0 Å². The van der Waals surface area contributed by atoms with E-state index in [2.05, 4.69) is 0 Å². The van der Waals surface area contributed by atoms with Gasteiger partial charge in [0.25, 0.3) is 0 Å². The first-order chi connectivity index (χ1) is 10.7. The number of hydrogen-bond acceptors (Lipinski definition) is 3. The highest BCUT2D eigenvalue weighted by atomic mass is 16.4. The van der Waals surface area contributed by atoms with Crippen LogP contribution in [0, 0.1) is 0 Å². The molecular weight excluding hydrogens is 280 g/mol. The van der Waals surface area contributed by atoms with Gasteiger partial charge in [0.1, 0.15) is 0 Å². The maximum Gasteiger partial charge on any atom is 0.305 e. The van der Waals surface area contributed by atoms with Crippen molar-refractivity contribution >= 4 is 5.97 Å². The molecule has 4 heteroatoms. The zero-order valence-electron chi connectivity index (χ0n) is 14.1. The van der Waals surface area contributed by atoms with Crippen molar-refractivity contribution in [2.45, 2.75) is 102 Å². The average molecular weight is 316 g/mol. The fourth-order valence-corrected chi connectivity index (χ4v) is 2.74. The third-order valence-corrected chi connectivity index (χ3v) is 4.11. The van der Waals surface area contributed by atoms with Crippen LogP contribution in [-0.4, -0.2) is 34.0 Å². The van der Waals surface area contributed by atoms with Crippen molar-refractivity contribution in [3.05, 3.63) is 0 Å². The molecule has 22 heavy (non-hydrogen) atoms. The molecule has 3 N–H and O–H groups in total. The predicted octanol–water partition coefficient (Wildman–Crippen LogP) is 4.28. The van der Waals surface area contributed by atoms with E-state index in [4.69, 9.17) is 10.2 Å². The molecule has 0 saturated heterocycles. The van der Waals surface area contributed by atoms with Gasteiger partial charge in [-0.3, -0.25) is 4.79 Å². The van der Waals surface area contributed by atoms with Crippen LogP contribution in [0.1, 0.15) is 96.3 Å². The van der Waals surface area contributed by atoms with E-state index in [-0.39, 0.29) is 6.42 Å². The fraction of sp³-hybridized carbons (Fsp3) is 0.944. The molecule has 0 bridgehead atoms. The Kier molecular flexibility index (Phi) is 16.3. The van der Waals surface area contributed by atoms with E-state index in [0.29, 0.717) is 13.0 Å². The minimum atomic E-state index is -0.916. The van der Waals surface area contributed by atoms with Crippen LogP contribution >= 0.6 is 0 Å². The van der Waals surface area contributed by atoms with Crippen molar-refractivity contribution < 1.29 is 20.1 Å². The summed E-state index contributed by atoms with van der Waals surface area (Å²) in [4.78, 5) is 10.4. The highest BCUT2D eigenvalue weighted by Gasteiger charge is 2.08. The smallest absolute Gasteiger partial charge is 0.305 e. The number of aliphatic hydroxyl groups is 2. The second-order valence-electron chi connectivity index (χ2n) is 6.36. The lowest BCUT2D eigenvalue weighted by molar-refractivity contribution is -0.139. The molecule has 0 aromatic carbocycles. The summed E-state index contributed by atoms with van der Waals surface area (Å²) in [5.74, 6) is -0.916. The Morgan fingerprint density at radius 2 is 1.05 bits per heavy atom. The molecule has 4 nitrogen and oxygen atoms in total. The summed E-state index contributed by atoms with van der Waals surface area (Å²) in [7, 11) is 0. The Bertz CT molecular complexity index is 243. The van der Waals surface area contributed by atoms with Crippen molar-refractivity contribution in [1.82, 2.24) is 0 Å². The molecule has 0 saturated carbocycles. The lowest BCUT2D eigenvalue weighted by atomic mass is 10.0. The molecule has 1 atom stereocenters. The molecule has 0 aromatic heterocycles. The highest BCUT2D eigenvalue weighted by molar-refractivity contribution is 5.67. The van der Waals surface area contributed by atoms with Crippen LogP contribution < -0.4 is 0 Å². The number of hydrogen-bond donors (Lipinski definition) is 3. The zero-order valence-corrected chi connectivity index (χ0v) is 14.1. The molecule has 0 spiro atoms. The summed E-state index contributed by atoms with van der Waals surface area (Å²) in [6, 6.07) is 0. The maximum absolute atomic E-state index is 10.4. The van der Waals surface area contributed by atoms with Gasteiger partial charge in [0.05, 0.1) is 12.5 Å². The van der Waals surface area contributed by atoms with E-state index in [1.807, 2.05) is 0 Å². The molecule has 0 fully saturated rings. The van der Waals surface area contributed by atoms with Gasteiger partial charge in [0, 0.05) is 6.61 Å². The normalized spacial score (nSPS) is 12.5. The molecule has 0 radical (unpaired) electrons. The van der Waals surface area contributed by atoms with Gasteiger partial charge in [-0.25, -0.2) is 0 Å². The molecular formula is C18H36O4. The Morgan fingerprint density at radius 3 is 1.41 bits per heavy atom. The second-order valence-corrected chi connectivity index (χ2v) is 6.36. The van der Waals surface area contributed by atoms with Crippen molar-refractivity contribution in [1.29, 1.82) is 0 Å². The van der Waals surface area contributed by atoms with Gasteiger partial charge in [-0.05, 0) is 12.8 Å². The number of unbranched alkanes of at least 4 members (excludes halogenated alkanes) is 12. The Labute approximate surface area is 135 Å². The van der Waals surface area contributed by atoms with E-state index >= 15 is 0 Å². The van der Waals surface area contributed by atoms with Crippen LogP contribution in [0.3, 0.4) is 0 Å². The Morgan fingerprint density at radius 1 is 0.682 bits per heavy atom. The van der Waals surface area contributed by atoms with E-state index in [9.17, 15) is 9.90 Å². The number of carboxylic acids is 1. The van der Waals surface area contributed by atoms with Crippen LogP contribution in [0.2, 0.25) is 0 Å². The number of carboxylic acid groups (broad SMARTS) is 1. The van der Waals surface area contributed by atoms with Crippen molar-refractivity contribution in [2.75, 3.05) is 6.61 Å². The molecule has 0 aliphatic heterocycles. The van der Waals surface area contributed by atoms with Crippen LogP contribution in [0.4, 0.5) is 0 Å². The zero-order chi connectivity index (χ0) is 16.5. The van der Waals surface area contributed by atoms with Gasteiger partial charge in [0.2, 0.25) is 0 Å². The minimum absolute atomic E-state index is 0.125. The third kappa shape index (κ3) is 17.4. The first-order valence-corrected chi connectivity index (χ1v) is 9.17. The monoisotopic (exact) mass is 316 g/mol. The lowest BCUT2D eigenvalue weighted by Crippen LogP contribution is -2.12. The summed E-state index contributed by atoms with van der Waals surface area (Å²) >= 11 is 0. The molecule has 0 aliphatic carbocycles. The average Bonchev–Trinajstić information content (AvgIpc) is 2.47. The molecule has 0 amide bonds. The molecule has 0 aliphatic rings. The van der Waals surface area contributed by atoms with Gasteiger partial charge in [-0.15, -0.1) is 0 Å². The van der Waals surface area contributed by atoms with Crippen molar-refractivity contribution in [3.8, 4) is 0 Å². The summed E-state index contributed by atoms with van der Waals surface area (Å²) in [6.07, 6.45) is 15.6. The molecule has 1 unspecified atom stereocenters. The maximum atomic E-state index is 10.4. The summed E-state index contributed by atoms with van der Waals surface area (Å²) in [5, 5.41) is 26.6. The number of aliphatic carboxylic acids is 1. The molecule has 132 valence electrons. The number of rotatable bonds is 17. The first-order valence-electron chi connectivity index (χ1n) is 9.17. The minimum Gasteiger partial charge on any atom is -0.481 e. The third-order valence-electron chi connectivity index (χ3n) is 4.11. The summed E-state index contributed by atoms with van der Waals surface area (Å²) in [6.45, 7) is 0.332. The number of carbonyl (C=O) groups is 1. The van der Waals surface area contributed by atoms with Gasteiger partial charge >= 0.3 is 5.97 Å².